The van der Waals surface area contributed by atoms with Gasteiger partial charge in [0.1, 0.15) is 0 Å². The SMILES string of the molecule is CCCCCCCCCCN1CCC(C(=O)OO)CC1.CS(=O)(=O)O. The van der Waals surface area contributed by atoms with Crippen molar-refractivity contribution < 1.29 is 27.9 Å². The number of hydrogen-bond donors (Lipinski definition) is 2. The number of carbonyl (C=O) groups is 1. The Labute approximate surface area is 152 Å². The zero-order valence-electron chi connectivity index (χ0n) is 15.7. The Morgan fingerprint density at radius 3 is 1.92 bits per heavy atom. The van der Waals surface area contributed by atoms with Crippen LogP contribution < -0.4 is 0 Å². The molecule has 7 nitrogen and oxygen atoms in total. The summed E-state index contributed by atoms with van der Waals surface area (Å²) in [6.07, 6.45) is 13.2. The average molecular weight is 382 g/mol. The van der Waals surface area contributed by atoms with E-state index in [0.717, 1.165) is 32.5 Å². The summed E-state index contributed by atoms with van der Waals surface area (Å²) in [5.41, 5.74) is 0. The maximum Gasteiger partial charge on any atom is 0.345 e. The van der Waals surface area contributed by atoms with Crippen LogP contribution in [0.15, 0.2) is 0 Å². The zero-order valence-corrected chi connectivity index (χ0v) is 16.5. The zero-order chi connectivity index (χ0) is 19.1. The highest BCUT2D eigenvalue weighted by Crippen LogP contribution is 2.19. The summed E-state index contributed by atoms with van der Waals surface area (Å²) in [5.74, 6) is -0.563. The Balaban J connectivity index is 0.00000101. The maximum atomic E-state index is 11.2. The van der Waals surface area contributed by atoms with Crippen molar-refractivity contribution >= 4 is 16.1 Å². The van der Waals surface area contributed by atoms with Crippen LogP contribution in [0.5, 0.6) is 0 Å². The molecular weight excluding hydrogens is 346 g/mol. The fraction of sp³-hybridized carbons (Fsp3) is 0.941. The standard InChI is InChI=1S/C16H31NO3.CH4O3S/c1-2-3-4-5-6-7-8-9-12-17-13-10-15(11-14-17)16(18)20-19;1-5(2,3)4/h15,19H,2-14H2,1H3;1H3,(H,2,3,4). The van der Waals surface area contributed by atoms with Gasteiger partial charge in [0.05, 0.1) is 12.2 Å². The van der Waals surface area contributed by atoms with Crippen LogP contribution in [-0.4, -0.2) is 55.0 Å². The highest BCUT2D eigenvalue weighted by molar-refractivity contribution is 7.85. The van der Waals surface area contributed by atoms with Crippen molar-refractivity contribution in [3.8, 4) is 0 Å². The van der Waals surface area contributed by atoms with E-state index in [0.29, 0.717) is 6.26 Å². The minimum absolute atomic E-state index is 0.102. The highest BCUT2D eigenvalue weighted by atomic mass is 32.2. The molecule has 1 aliphatic heterocycles. The molecule has 1 heterocycles. The molecule has 0 radical (unpaired) electrons. The van der Waals surface area contributed by atoms with E-state index in [1.165, 1.54) is 51.4 Å². The lowest BCUT2D eigenvalue weighted by atomic mass is 9.97. The molecule has 1 saturated heterocycles. The second kappa shape index (κ2) is 14.5. The van der Waals surface area contributed by atoms with Crippen molar-refractivity contribution in [3.05, 3.63) is 0 Å². The molecule has 0 saturated carbocycles. The molecule has 0 unspecified atom stereocenters. The Hall–Kier alpha value is -0.700. The normalized spacial score (nSPS) is 16.2. The number of nitrogens with zero attached hydrogens (tertiary/aromatic N) is 1. The van der Waals surface area contributed by atoms with Crippen molar-refractivity contribution in [1.29, 1.82) is 0 Å². The van der Waals surface area contributed by atoms with Gasteiger partial charge in [-0.2, -0.15) is 13.7 Å². The lowest BCUT2D eigenvalue weighted by Gasteiger charge is -2.30. The minimum atomic E-state index is -3.67. The second-order valence-corrected chi connectivity index (χ2v) is 8.20. The number of piperidine rings is 1. The first-order valence-electron chi connectivity index (χ1n) is 9.28. The summed E-state index contributed by atoms with van der Waals surface area (Å²) >= 11 is 0. The lowest BCUT2D eigenvalue weighted by Crippen LogP contribution is -2.37. The first-order valence-corrected chi connectivity index (χ1v) is 11.1. The predicted octanol–water partition coefficient (Wildman–Crippen LogP) is 3.36. The molecule has 150 valence electrons. The van der Waals surface area contributed by atoms with Gasteiger partial charge in [-0.3, -0.25) is 4.55 Å². The molecule has 0 aromatic rings. The number of carbonyl (C=O) groups excluding carboxylic acids is 1. The largest absolute Gasteiger partial charge is 0.345 e. The van der Waals surface area contributed by atoms with Crippen LogP contribution in [-0.2, 0) is 19.8 Å². The monoisotopic (exact) mass is 381 g/mol. The topological polar surface area (TPSA) is 104 Å². The van der Waals surface area contributed by atoms with Crippen molar-refractivity contribution in [1.82, 2.24) is 4.90 Å². The van der Waals surface area contributed by atoms with E-state index in [4.69, 9.17) is 9.81 Å². The van der Waals surface area contributed by atoms with Crippen LogP contribution in [0.3, 0.4) is 0 Å². The van der Waals surface area contributed by atoms with Crippen LogP contribution in [0.25, 0.3) is 0 Å². The van der Waals surface area contributed by atoms with Gasteiger partial charge in [-0.1, -0.05) is 51.9 Å². The fourth-order valence-electron chi connectivity index (χ4n) is 2.94. The summed E-state index contributed by atoms with van der Waals surface area (Å²) in [7, 11) is -3.67. The van der Waals surface area contributed by atoms with E-state index < -0.39 is 16.1 Å². The van der Waals surface area contributed by atoms with Gasteiger partial charge in [0.2, 0.25) is 0 Å². The van der Waals surface area contributed by atoms with Crippen LogP contribution in [0.1, 0.15) is 71.1 Å². The van der Waals surface area contributed by atoms with E-state index in [9.17, 15) is 13.2 Å². The third-order valence-corrected chi connectivity index (χ3v) is 4.34. The fourth-order valence-corrected chi connectivity index (χ4v) is 2.94. The Bertz CT molecular complexity index is 424. The molecule has 0 atom stereocenters. The van der Waals surface area contributed by atoms with Crippen LogP contribution in [0.2, 0.25) is 0 Å². The van der Waals surface area contributed by atoms with Gasteiger partial charge in [-0.25, -0.2) is 4.79 Å². The molecule has 0 spiro atoms. The Kier molecular flexibility index (Phi) is 14.1. The summed E-state index contributed by atoms with van der Waals surface area (Å²) < 4.78 is 25.9. The second-order valence-electron chi connectivity index (χ2n) is 6.73. The van der Waals surface area contributed by atoms with E-state index in [1.54, 1.807) is 0 Å². The van der Waals surface area contributed by atoms with Gasteiger partial charge in [-0.15, -0.1) is 0 Å². The van der Waals surface area contributed by atoms with Gasteiger partial charge in [0.25, 0.3) is 10.1 Å². The molecule has 1 fully saturated rings. The van der Waals surface area contributed by atoms with Gasteiger partial charge in [-0.05, 0) is 38.9 Å². The molecule has 0 bridgehead atoms. The number of unbranched alkanes of at least 4 members (excludes halogenated alkanes) is 7. The number of rotatable bonds is 10. The minimum Gasteiger partial charge on any atom is -0.303 e. The smallest absolute Gasteiger partial charge is 0.303 e. The van der Waals surface area contributed by atoms with E-state index in [-0.39, 0.29) is 5.92 Å². The van der Waals surface area contributed by atoms with Crippen LogP contribution >= 0.6 is 0 Å². The molecule has 25 heavy (non-hydrogen) atoms. The van der Waals surface area contributed by atoms with E-state index in [1.807, 2.05) is 0 Å². The van der Waals surface area contributed by atoms with Crippen LogP contribution in [0, 0.1) is 5.92 Å². The number of likely N-dealkylation sites (tertiary alicyclic amines) is 1. The molecule has 0 aromatic carbocycles. The maximum absolute atomic E-state index is 11.2. The third-order valence-electron chi connectivity index (χ3n) is 4.34. The van der Waals surface area contributed by atoms with Crippen molar-refractivity contribution in [3.63, 3.8) is 0 Å². The van der Waals surface area contributed by atoms with Crippen molar-refractivity contribution in [2.75, 3.05) is 25.9 Å². The highest BCUT2D eigenvalue weighted by Gasteiger charge is 2.25. The van der Waals surface area contributed by atoms with E-state index >= 15 is 0 Å². The van der Waals surface area contributed by atoms with Gasteiger partial charge in [0.15, 0.2) is 0 Å². The quantitative estimate of drug-likeness (QED) is 0.259. The van der Waals surface area contributed by atoms with Crippen LogP contribution in [0.4, 0.5) is 0 Å². The third kappa shape index (κ3) is 16.5. The van der Waals surface area contributed by atoms with Crippen molar-refractivity contribution in [2.45, 2.75) is 71.1 Å². The van der Waals surface area contributed by atoms with Crippen molar-refractivity contribution in [2.24, 2.45) is 5.92 Å². The van der Waals surface area contributed by atoms with Gasteiger partial charge < -0.3 is 9.79 Å². The molecule has 0 aromatic heterocycles. The lowest BCUT2D eigenvalue weighted by molar-refractivity contribution is -0.240. The molecule has 8 heteroatoms. The summed E-state index contributed by atoms with van der Waals surface area (Å²) in [5, 5.41) is 8.37. The van der Waals surface area contributed by atoms with Gasteiger partial charge >= 0.3 is 5.97 Å². The molecule has 0 aliphatic carbocycles. The molecule has 2 N–H and O–H groups in total. The molecule has 0 amide bonds. The summed E-state index contributed by atoms with van der Waals surface area (Å²) in [6, 6.07) is 0. The Morgan fingerprint density at radius 2 is 1.48 bits per heavy atom. The molecular formula is C17H35NO6S. The van der Waals surface area contributed by atoms with E-state index in [2.05, 4.69) is 16.7 Å². The number of hydrogen-bond acceptors (Lipinski definition) is 6. The molecule has 1 rings (SSSR count). The van der Waals surface area contributed by atoms with Gasteiger partial charge in [0, 0.05) is 0 Å². The predicted molar refractivity (Wildman–Crippen MR) is 98.0 cm³/mol. The first-order chi connectivity index (χ1) is 11.8. The molecule has 1 aliphatic rings. The first kappa shape index (κ1) is 24.3. The summed E-state index contributed by atoms with van der Waals surface area (Å²) in [6.45, 7) is 5.31. The average Bonchev–Trinajstić information content (AvgIpc) is 2.55. The summed E-state index contributed by atoms with van der Waals surface area (Å²) in [4.78, 5) is 17.4. The Morgan fingerprint density at radius 1 is 1.04 bits per heavy atom.